The summed E-state index contributed by atoms with van der Waals surface area (Å²) in [7, 11) is 1.81. The maximum atomic E-state index is 12.1. The predicted octanol–water partition coefficient (Wildman–Crippen LogP) is 2.51. The lowest BCUT2D eigenvalue weighted by Gasteiger charge is -2.20. The Kier molecular flexibility index (Phi) is 4.52. The maximum Gasteiger partial charge on any atom is 0.244 e. The fourth-order valence-electron chi connectivity index (χ4n) is 1.67. The van der Waals surface area contributed by atoms with Gasteiger partial charge in [0, 0.05) is 23.3 Å². The van der Waals surface area contributed by atoms with Gasteiger partial charge in [-0.3, -0.25) is 4.79 Å². The lowest BCUT2D eigenvalue weighted by Crippen LogP contribution is -2.36. The maximum absolute atomic E-state index is 12.1. The molecular formula is C13H16N2OS2. The normalized spacial score (nSPS) is 12.3. The highest BCUT2D eigenvalue weighted by Crippen LogP contribution is 2.18. The molecule has 5 heteroatoms. The molecule has 2 heterocycles. The third-order valence-electron chi connectivity index (χ3n) is 2.77. The first-order valence-corrected chi connectivity index (χ1v) is 7.51. The first-order valence-electron chi connectivity index (χ1n) is 5.75. The second kappa shape index (κ2) is 6.13. The van der Waals surface area contributed by atoms with Crippen LogP contribution in [0.5, 0.6) is 0 Å². The Hall–Kier alpha value is -1.17. The van der Waals surface area contributed by atoms with Crippen LogP contribution in [0.3, 0.4) is 0 Å². The van der Waals surface area contributed by atoms with Crippen LogP contribution < -0.4 is 5.73 Å². The van der Waals surface area contributed by atoms with Gasteiger partial charge < -0.3 is 10.6 Å². The number of hydrogen-bond acceptors (Lipinski definition) is 4. The van der Waals surface area contributed by atoms with Gasteiger partial charge in [-0.1, -0.05) is 12.1 Å². The van der Waals surface area contributed by atoms with Crippen molar-refractivity contribution in [3.05, 3.63) is 44.8 Å². The van der Waals surface area contributed by atoms with Gasteiger partial charge in [-0.2, -0.15) is 0 Å². The summed E-state index contributed by atoms with van der Waals surface area (Å²) in [6, 6.07) is 7.40. The van der Waals surface area contributed by atoms with Crippen LogP contribution in [-0.2, 0) is 11.2 Å². The molecular weight excluding hydrogens is 264 g/mol. The smallest absolute Gasteiger partial charge is 0.244 e. The van der Waals surface area contributed by atoms with Crippen LogP contribution in [0.25, 0.3) is 0 Å². The average Bonchev–Trinajstić information content (AvgIpc) is 3.06. The minimum Gasteiger partial charge on any atom is -0.344 e. The largest absolute Gasteiger partial charge is 0.344 e. The Labute approximate surface area is 115 Å². The molecule has 0 fully saturated rings. The van der Waals surface area contributed by atoms with E-state index in [4.69, 9.17) is 5.73 Å². The van der Waals surface area contributed by atoms with E-state index in [1.807, 2.05) is 30.6 Å². The van der Waals surface area contributed by atoms with E-state index in [0.717, 1.165) is 11.3 Å². The summed E-state index contributed by atoms with van der Waals surface area (Å²) in [6.45, 7) is 0.707. The molecule has 0 saturated heterocycles. The van der Waals surface area contributed by atoms with E-state index in [9.17, 15) is 4.79 Å². The van der Waals surface area contributed by atoms with Gasteiger partial charge >= 0.3 is 0 Å². The monoisotopic (exact) mass is 280 g/mol. The van der Waals surface area contributed by atoms with E-state index in [2.05, 4.69) is 11.4 Å². The van der Waals surface area contributed by atoms with Crippen LogP contribution in [-0.4, -0.2) is 24.4 Å². The lowest BCUT2D eigenvalue weighted by atomic mass is 10.2. The third-order valence-corrected chi connectivity index (χ3v) is 4.66. The molecule has 2 rings (SSSR count). The minimum atomic E-state index is -0.529. The summed E-state index contributed by atoms with van der Waals surface area (Å²) in [5.41, 5.74) is 5.95. The highest BCUT2D eigenvalue weighted by molar-refractivity contribution is 7.10. The zero-order chi connectivity index (χ0) is 13.0. The third kappa shape index (κ3) is 3.19. The van der Waals surface area contributed by atoms with E-state index in [-0.39, 0.29) is 5.91 Å². The van der Waals surface area contributed by atoms with Crippen molar-refractivity contribution in [3.8, 4) is 0 Å². The predicted molar refractivity (Wildman–Crippen MR) is 76.9 cm³/mol. The van der Waals surface area contributed by atoms with Crippen LogP contribution in [0.15, 0.2) is 35.0 Å². The van der Waals surface area contributed by atoms with Crippen molar-refractivity contribution in [2.45, 2.75) is 12.5 Å². The van der Waals surface area contributed by atoms with Crippen molar-refractivity contribution in [2.24, 2.45) is 5.73 Å². The molecule has 0 aliphatic carbocycles. The Morgan fingerprint density at radius 2 is 2.06 bits per heavy atom. The molecule has 1 unspecified atom stereocenters. The van der Waals surface area contributed by atoms with Gasteiger partial charge in [0.2, 0.25) is 5.91 Å². The molecule has 0 aliphatic heterocycles. The highest BCUT2D eigenvalue weighted by atomic mass is 32.1. The molecule has 1 amide bonds. The molecule has 3 nitrogen and oxygen atoms in total. The van der Waals surface area contributed by atoms with Crippen LogP contribution in [0, 0.1) is 0 Å². The van der Waals surface area contributed by atoms with E-state index in [0.29, 0.717) is 6.54 Å². The van der Waals surface area contributed by atoms with Gasteiger partial charge in [0.05, 0.1) is 0 Å². The number of nitrogens with two attached hydrogens (primary N) is 1. The van der Waals surface area contributed by atoms with Crippen LogP contribution in [0.1, 0.15) is 15.8 Å². The lowest BCUT2D eigenvalue weighted by molar-refractivity contribution is -0.131. The zero-order valence-corrected chi connectivity index (χ0v) is 11.8. The fraction of sp³-hybridized carbons (Fsp3) is 0.308. The molecule has 1 atom stereocenters. The molecule has 0 radical (unpaired) electrons. The zero-order valence-electron chi connectivity index (χ0n) is 10.2. The topological polar surface area (TPSA) is 46.3 Å². The number of carbonyl (C=O) groups excluding carboxylic acids is 1. The summed E-state index contributed by atoms with van der Waals surface area (Å²) in [5, 5.41) is 3.99. The molecule has 2 aromatic heterocycles. The van der Waals surface area contributed by atoms with E-state index < -0.39 is 6.04 Å². The summed E-state index contributed by atoms with van der Waals surface area (Å²) in [5.74, 6) is -0.0194. The molecule has 2 aromatic rings. The Balaban J connectivity index is 1.88. The van der Waals surface area contributed by atoms with Gasteiger partial charge in [-0.05, 0) is 29.3 Å². The van der Waals surface area contributed by atoms with Crippen molar-refractivity contribution in [1.82, 2.24) is 4.90 Å². The van der Waals surface area contributed by atoms with Crippen LogP contribution >= 0.6 is 22.7 Å². The van der Waals surface area contributed by atoms with Gasteiger partial charge in [0.25, 0.3) is 0 Å². The fourth-order valence-corrected chi connectivity index (χ4v) is 3.09. The quantitative estimate of drug-likeness (QED) is 0.914. The first kappa shape index (κ1) is 13.3. The van der Waals surface area contributed by atoms with Gasteiger partial charge in [-0.25, -0.2) is 0 Å². The number of amides is 1. The van der Waals surface area contributed by atoms with E-state index >= 15 is 0 Å². The number of rotatable bonds is 5. The van der Waals surface area contributed by atoms with Crippen molar-refractivity contribution < 1.29 is 4.79 Å². The average molecular weight is 280 g/mol. The molecule has 0 bridgehead atoms. The van der Waals surface area contributed by atoms with Gasteiger partial charge in [-0.15, -0.1) is 22.7 Å². The van der Waals surface area contributed by atoms with Crippen LogP contribution in [0.4, 0.5) is 0 Å². The molecule has 0 aromatic carbocycles. The summed E-state index contributed by atoms with van der Waals surface area (Å²) >= 11 is 3.24. The Bertz CT molecular complexity index is 479. The standard InChI is InChI=1S/C13H16N2OS2/c1-15(7-6-10-4-2-8-17-10)13(16)12(14)11-5-3-9-18-11/h2-5,8-9,12H,6-7,14H2,1H3. The molecule has 0 aliphatic rings. The minimum absolute atomic E-state index is 0.0194. The number of nitrogens with zero attached hydrogens (tertiary/aromatic N) is 1. The second-order valence-electron chi connectivity index (χ2n) is 4.08. The number of thiophene rings is 2. The first-order chi connectivity index (χ1) is 8.68. The highest BCUT2D eigenvalue weighted by Gasteiger charge is 2.20. The SMILES string of the molecule is CN(CCc1cccs1)C(=O)C(N)c1cccs1. The Morgan fingerprint density at radius 3 is 2.67 bits per heavy atom. The van der Waals surface area contributed by atoms with Crippen molar-refractivity contribution >= 4 is 28.6 Å². The number of hydrogen-bond donors (Lipinski definition) is 1. The number of likely N-dealkylation sites (N-methyl/N-ethyl adjacent to an activating group) is 1. The molecule has 0 saturated carbocycles. The van der Waals surface area contributed by atoms with Gasteiger partial charge in [0.15, 0.2) is 0 Å². The second-order valence-corrected chi connectivity index (χ2v) is 6.09. The summed E-state index contributed by atoms with van der Waals surface area (Å²) in [6.07, 6.45) is 0.886. The van der Waals surface area contributed by atoms with Crippen molar-refractivity contribution in [3.63, 3.8) is 0 Å². The van der Waals surface area contributed by atoms with Crippen LogP contribution in [0.2, 0.25) is 0 Å². The number of carbonyl (C=O) groups is 1. The molecule has 2 N–H and O–H groups in total. The summed E-state index contributed by atoms with van der Waals surface area (Å²) < 4.78 is 0. The summed E-state index contributed by atoms with van der Waals surface area (Å²) in [4.78, 5) is 16.0. The van der Waals surface area contributed by atoms with Crippen molar-refractivity contribution in [2.75, 3.05) is 13.6 Å². The molecule has 18 heavy (non-hydrogen) atoms. The van der Waals surface area contributed by atoms with E-state index in [1.54, 1.807) is 16.2 Å². The van der Waals surface area contributed by atoms with Gasteiger partial charge in [0.1, 0.15) is 6.04 Å². The molecule has 0 spiro atoms. The van der Waals surface area contributed by atoms with Crippen molar-refractivity contribution in [1.29, 1.82) is 0 Å². The molecule has 96 valence electrons. The Morgan fingerprint density at radius 1 is 1.33 bits per heavy atom. The van der Waals surface area contributed by atoms with E-state index in [1.165, 1.54) is 16.2 Å².